The Bertz CT molecular complexity index is 403. The van der Waals surface area contributed by atoms with E-state index in [-0.39, 0.29) is 0 Å². The van der Waals surface area contributed by atoms with Crippen molar-refractivity contribution in [2.24, 2.45) is 10.7 Å². The van der Waals surface area contributed by atoms with Gasteiger partial charge < -0.3 is 15.4 Å². The van der Waals surface area contributed by atoms with E-state index in [1.807, 2.05) is 30.1 Å². The van der Waals surface area contributed by atoms with Gasteiger partial charge in [-0.25, -0.2) is 0 Å². The van der Waals surface area contributed by atoms with Crippen molar-refractivity contribution in [1.82, 2.24) is 4.90 Å². The minimum absolute atomic E-state index is 0.355. The standard InChI is InChI=1S/C12H17N3O/c1-15-8-9(7-14-12(15)13)10-5-3-4-6-11(10)16-2/h3-6,9H,7-8H2,1-2H3,(H2,13,14). The first-order chi connectivity index (χ1) is 7.72. The van der Waals surface area contributed by atoms with Crippen LogP contribution in [0.15, 0.2) is 29.3 Å². The molecule has 1 aliphatic rings. The van der Waals surface area contributed by atoms with Crippen LogP contribution in [0.4, 0.5) is 0 Å². The number of para-hydroxylation sites is 1. The van der Waals surface area contributed by atoms with Gasteiger partial charge in [0.2, 0.25) is 0 Å². The summed E-state index contributed by atoms with van der Waals surface area (Å²) in [4.78, 5) is 6.28. The lowest BCUT2D eigenvalue weighted by Gasteiger charge is -2.29. The zero-order valence-electron chi connectivity index (χ0n) is 9.68. The highest BCUT2D eigenvalue weighted by atomic mass is 16.5. The van der Waals surface area contributed by atoms with Crippen molar-refractivity contribution in [3.63, 3.8) is 0 Å². The van der Waals surface area contributed by atoms with E-state index in [1.54, 1.807) is 7.11 Å². The van der Waals surface area contributed by atoms with Gasteiger partial charge >= 0.3 is 0 Å². The fourth-order valence-electron chi connectivity index (χ4n) is 2.01. The minimum atomic E-state index is 0.355. The van der Waals surface area contributed by atoms with Gasteiger partial charge in [0, 0.05) is 25.1 Å². The molecule has 1 aromatic rings. The Hall–Kier alpha value is -1.71. The molecule has 16 heavy (non-hydrogen) atoms. The third-order valence-electron chi connectivity index (χ3n) is 2.94. The number of hydrogen-bond donors (Lipinski definition) is 1. The van der Waals surface area contributed by atoms with E-state index in [1.165, 1.54) is 5.56 Å². The largest absolute Gasteiger partial charge is 0.496 e. The fourth-order valence-corrected chi connectivity index (χ4v) is 2.01. The number of aliphatic imine (C=N–C) groups is 1. The number of likely N-dealkylation sites (N-methyl/N-ethyl adjacent to an activating group) is 1. The number of methoxy groups -OCH3 is 1. The summed E-state index contributed by atoms with van der Waals surface area (Å²) in [6.07, 6.45) is 0. The molecular formula is C12H17N3O. The molecule has 1 atom stereocenters. The van der Waals surface area contributed by atoms with E-state index < -0.39 is 0 Å². The van der Waals surface area contributed by atoms with Crippen LogP contribution in [-0.2, 0) is 0 Å². The summed E-state index contributed by atoms with van der Waals surface area (Å²) < 4.78 is 5.36. The SMILES string of the molecule is COc1ccccc1C1CN=C(N)N(C)C1. The van der Waals surface area contributed by atoms with Gasteiger partial charge in [-0.15, -0.1) is 0 Å². The third kappa shape index (κ3) is 1.96. The molecule has 1 aliphatic heterocycles. The summed E-state index contributed by atoms with van der Waals surface area (Å²) >= 11 is 0. The molecular weight excluding hydrogens is 202 g/mol. The van der Waals surface area contributed by atoms with Gasteiger partial charge in [0.1, 0.15) is 5.75 Å². The van der Waals surface area contributed by atoms with Crippen LogP contribution in [0.2, 0.25) is 0 Å². The summed E-state index contributed by atoms with van der Waals surface area (Å²) in [7, 11) is 3.66. The van der Waals surface area contributed by atoms with E-state index in [9.17, 15) is 0 Å². The maximum absolute atomic E-state index is 5.73. The second kappa shape index (κ2) is 4.43. The number of rotatable bonds is 2. The van der Waals surface area contributed by atoms with Crippen molar-refractivity contribution in [2.75, 3.05) is 27.2 Å². The van der Waals surface area contributed by atoms with E-state index in [4.69, 9.17) is 10.5 Å². The predicted molar refractivity (Wildman–Crippen MR) is 64.9 cm³/mol. The molecule has 0 spiro atoms. The van der Waals surface area contributed by atoms with Gasteiger partial charge in [-0.3, -0.25) is 4.99 Å². The predicted octanol–water partition coefficient (Wildman–Crippen LogP) is 1.04. The smallest absolute Gasteiger partial charge is 0.191 e. The molecule has 1 heterocycles. The summed E-state index contributed by atoms with van der Waals surface area (Å²) in [6.45, 7) is 1.62. The van der Waals surface area contributed by atoms with Gasteiger partial charge in [0.15, 0.2) is 5.96 Å². The van der Waals surface area contributed by atoms with Crippen molar-refractivity contribution in [3.05, 3.63) is 29.8 Å². The lowest BCUT2D eigenvalue weighted by molar-refractivity contribution is 0.385. The molecule has 0 saturated heterocycles. The van der Waals surface area contributed by atoms with Crippen molar-refractivity contribution in [3.8, 4) is 5.75 Å². The quantitative estimate of drug-likeness (QED) is 0.808. The maximum atomic E-state index is 5.73. The van der Waals surface area contributed by atoms with Crippen LogP contribution in [0.3, 0.4) is 0 Å². The zero-order valence-corrected chi connectivity index (χ0v) is 9.68. The number of nitrogens with two attached hydrogens (primary N) is 1. The normalized spacial score (nSPS) is 20.5. The Morgan fingerprint density at radius 1 is 1.44 bits per heavy atom. The fraction of sp³-hybridized carbons (Fsp3) is 0.417. The van der Waals surface area contributed by atoms with Gasteiger partial charge in [0.05, 0.1) is 13.7 Å². The first-order valence-electron chi connectivity index (χ1n) is 5.36. The molecule has 4 heteroatoms. The Morgan fingerprint density at radius 2 is 2.19 bits per heavy atom. The lowest BCUT2D eigenvalue weighted by Crippen LogP contribution is -2.41. The van der Waals surface area contributed by atoms with E-state index in [2.05, 4.69) is 11.1 Å². The Morgan fingerprint density at radius 3 is 2.88 bits per heavy atom. The van der Waals surface area contributed by atoms with Crippen LogP contribution in [0.25, 0.3) is 0 Å². The molecule has 0 aliphatic carbocycles. The molecule has 0 aromatic heterocycles. The molecule has 1 unspecified atom stereocenters. The average Bonchev–Trinajstić information content (AvgIpc) is 2.32. The highest BCUT2D eigenvalue weighted by molar-refractivity contribution is 5.78. The number of nitrogens with zero attached hydrogens (tertiary/aromatic N) is 2. The van der Waals surface area contributed by atoms with E-state index in [0.717, 1.165) is 18.8 Å². The molecule has 4 nitrogen and oxygen atoms in total. The number of guanidine groups is 1. The number of benzene rings is 1. The number of hydrogen-bond acceptors (Lipinski definition) is 4. The second-order valence-corrected chi connectivity index (χ2v) is 4.02. The van der Waals surface area contributed by atoms with Crippen molar-refractivity contribution < 1.29 is 4.74 Å². The highest BCUT2D eigenvalue weighted by Crippen LogP contribution is 2.28. The van der Waals surface area contributed by atoms with Crippen LogP contribution in [0.5, 0.6) is 5.75 Å². The molecule has 0 saturated carbocycles. The van der Waals surface area contributed by atoms with Crippen molar-refractivity contribution in [2.45, 2.75) is 5.92 Å². The van der Waals surface area contributed by atoms with Gasteiger partial charge in [-0.2, -0.15) is 0 Å². The lowest BCUT2D eigenvalue weighted by atomic mass is 9.97. The molecule has 0 amide bonds. The molecule has 2 rings (SSSR count). The Kier molecular flexibility index (Phi) is 2.99. The van der Waals surface area contributed by atoms with Crippen LogP contribution >= 0.6 is 0 Å². The van der Waals surface area contributed by atoms with E-state index >= 15 is 0 Å². The minimum Gasteiger partial charge on any atom is -0.496 e. The highest BCUT2D eigenvalue weighted by Gasteiger charge is 2.22. The monoisotopic (exact) mass is 219 g/mol. The molecule has 86 valence electrons. The van der Waals surface area contributed by atoms with Crippen LogP contribution in [0.1, 0.15) is 11.5 Å². The molecule has 0 fully saturated rings. The zero-order chi connectivity index (χ0) is 11.5. The first kappa shape index (κ1) is 10.8. The van der Waals surface area contributed by atoms with Gasteiger partial charge in [-0.1, -0.05) is 18.2 Å². The summed E-state index contributed by atoms with van der Waals surface area (Å²) in [5.74, 6) is 1.90. The third-order valence-corrected chi connectivity index (χ3v) is 2.94. The topological polar surface area (TPSA) is 50.9 Å². The van der Waals surface area contributed by atoms with Crippen molar-refractivity contribution >= 4 is 5.96 Å². The molecule has 2 N–H and O–H groups in total. The Labute approximate surface area is 95.7 Å². The first-order valence-corrected chi connectivity index (χ1v) is 5.36. The van der Waals surface area contributed by atoms with Gasteiger partial charge in [0.25, 0.3) is 0 Å². The van der Waals surface area contributed by atoms with Crippen molar-refractivity contribution in [1.29, 1.82) is 0 Å². The van der Waals surface area contributed by atoms with E-state index in [0.29, 0.717) is 11.9 Å². The summed E-state index contributed by atoms with van der Waals surface area (Å²) in [6, 6.07) is 8.08. The van der Waals surface area contributed by atoms with Crippen LogP contribution in [-0.4, -0.2) is 38.1 Å². The molecule has 0 bridgehead atoms. The summed E-state index contributed by atoms with van der Waals surface area (Å²) in [5.41, 5.74) is 6.94. The average molecular weight is 219 g/mol. The van der Waals surface area contributed by atoms with Crippen LogP contribution < -0.4 is 10.5 Å². The number of ether oxygens (including phenoxy) is 1. The maximum Gasteiger partial charge on any atom is 0.191 e. The molecule has 1 aromatic carbocycles. The Balaban J connectivity index is 2.25. The summed E-state index contributed by atoms with van der Waals surface area (Å²) in [5, 5.41) is 0. The van der Waals surface area contributed by atoms with Crippen LogP contribution in [0, 0.1) is 0 Å². The second-order valence-electron chi connectivity index (χ2n) is 4.02. The van der Waals surface area contributed by atoms with Gasteiger partial charge in [-0.05, 0) is 6.07 Å². The molecule has 0 radical (unpaired) electrons.